The van der Waals surface area contributed by atoms with Crippen molar-refractivity contribution in [2.75, 3.05) is 33.4 Å². The van der Waals surface area contributed by atoms with Crippen molar-refractivity contribution in [2.45, 2.75) is 46.6 Å². The van der Waals surface area contributed by atoms with Gasteiger partial charge < -0.3 is 14.0 Å². The average molecular weight is 327 g/mol. The van der Waals surface area contributed by atoms with Gasteiger partial charge in [0.2, 0.25) is 5.89 Å². The summed E-state index contributed by atoms with van der Waals surface area (Å²) in [5.41, 5.74) is 0. The lowest BCUT2D eigenvalue weighted by atomic mass is 10.1. The number of carbonyl (C=O) groups excluding carboxylic acids is 1. The fraction of sp³-hybridized carbons (Fsp3) is 0.812. The number of hydrogen-bond donors (Lipinski definition) is 0. The minimum absolute atomic E-state index is 0.218. The van der Waals surface area contributed by atoms with Crippen molar-refractivity contribution in [2.24, 2.45) is 5.92 Å². The van der Waals surface area contributed by atoms with E-state index in [2.05, 4.69) is 22.0 Å². The maximum atomic E-state index is 11.6. The molecule has 0 aliphatic heterocycles. The number of rotatable bonds is 12. The van der Waals surface area contributed by atoms with Gasteiger partial charge in [0.05, 0.1) is 26.2 Å². The van der Waals surface area contributed by atoms with Crippen LogP contribution >= 0.6 is 0 Å². The third-order valence-corrected chi connectivity index (χ3v) is 3.51. The van der Waals surface area contributed by atoms with Crippen LogP contribution in [-0.4, -0.2) is 54.4 Å². The molecule has 0 amide bonds. The molecule has 23 heavy (non-hydrogen) atoms. The molecule has 0 saturated heterocycles. The van der Waals surface area contributed by atoms with E-state index in [9.17, 15) is 4.79 Å². The second kappa shape index (κ2) is 11.1. The molecule has 0 bridgehead atoms. The second-order valence-corrected chi connectivity index (χ2v) is 5.56. The van der Waals surface area contributed by atoms with Gasteiger partial charge in [-0.05, 0) is 13.3 Å². The molecule has 0 spiro atoms. The molecule has 132 valence electrons. The van der Waals surface area contributed by atoms with Crippen molar-refractivity contribution in [1.29, 1.82) is 0 Å². The zero-order valence-corrected chi connectivity index (χ0v) is 14.7. The molecule has 0 saturated carbocycles. The zero-order chi connectivity index (χ0) is 17.1. The summed E-state index contributed by atoms with van der Waals surface area (Å²) in [6.07, 6.45) is 2.98. The van der Waals surface area contributed by atoms with Crippen LogP contribution in [-0.2, 0) is 27.2 Å². The lowest BCUT2D eigenvalue weighted by molar-refractivity contribution is -0.145. The van der Waals surface area contributed by atoms with E-state index in [1.807, 2.05) is 13.8 Å². The Hall–Kier alpha value is -1.47. The Bertz CT molecular complexity index is 450. The van der Waals surface area contributed by atoms with Crippen LogP contribution < -0.4 is 0 Å². The number of hydrogen-bond acceptors (Lipinski definition) is 7. The molecular formula is C16H29N3O4. The molecule has 0 aliphatic carbocycles. The third kappa shape index (κ3) is 7.56. The number of carbonyl (C=O) groups is 1. The lowest BCUT2D eigenvalue weighted by Gasteiger charge is -2.22. The van der Waals surface area contributed by atoms with Crippen LogP contribution in [0.5, 0.6) is 0 Å². The minimum Gasteiger partial charge on any atom is -0.469 e. The second-order valence-electron chi connectivity index (χ2n) is 5.56. The van der Waals surface area contributed by atoms with Crippen LogP contribution in [0.1, 0.15) is 45.3 Å². The zero-order valence-electron chi connectivity index (χ0n) is 14.7. The van der Waals surface area contributed by atoms with E-state index in [-0.39, 0.29) is 11.9 Å². The molecule has 0 N–H and O–H groups in total. The monoisotopic (exact) mass is 327 g/mol. The molecule has 1 aromatic rings. The summed E-state index contributed by atoms with van der Waals surface area (Å²) in [6.45, 7) is 8.97. The molecule has 1 atom stereocenters. The van der Waals surface area contributed by atoms with Crippen molar-refractivity contribution < 1.29 is 18.8 Å². The van der Waals surface area contributed by atoms with Crippen LogP contribution in [0, 0.1) is 5.92 Å². The third-order valence-electron chi connectivity index (χ3n) is 3.51. The maximum absolute atomic E-state index is 11.6. The summed E-state index contributed by atoms with van der Waals surface area (Å²) < 4.78 is 15.5. The van der Waals surface area contributed by atoms with Gasteiger partial charge in [0.15, 0.2) is 5.82 Å². The topological polar surface area (TPSA) is 77.7 Å². The molecule has 0 aliphatic rings. The molecule has 7 nitrogen and oxygen atoms in total. The number of methoxy groups -OCH3 is 1. The number of aromatic nitrogens is 2. The van der Waals surface area contributed by atoms with Crippen LogP contribution in [0.4, 0.5) is 0 Å². The summed E-state index contributed by atoms with van der Waals surface area (Å²) in [5, 5.41) is 4.00. The van der Waals surface area contributed by atoms with Gasteiger partial charge in [0, 0.05) is 26.1 Å². The highest BCUT2D eigenvalue weighted by Gasteiger charge is 2.19. The first-order valence-corrected chi connectivity index (χ1v) is 8.30. The minimum atomic E-state index is -0.222. The molecule has 0 fully saturated rings. The Morgan fingerprint density at radius 2 is 2.17 bits per heavy atom. The van der Waals surface area contributed by atoms with Gasteiger partial charge in [-0.15, -0.1) is 0 Å². The summed E-state index contributed by atoms with van der Waals surface area (Å²) in [5.74, 6) is 0.877. The number of esters is 1. The van der Waals surface area contributed by atoms with E-state index in [1.54, 1.807) is 0 Å². The molecular weight excluding hydrogens is 298 g/mol. The molecule has 1 aromatic heterocycles. The average Bonchev–Trinajstić information content (AvgIpc) is 2.99. The van der Waals surface area contributed by atoms with E-state index in [0.717, 1.165) is 25.1 Å². The van der Waals surface area contributed by atoms with Gasteiger partial charge >= 0.3 is 5.97 Å². The number of aryl methyl sites for hydroxylation is 1. The smallest absolute Gasteiger partial charge is 0.309 e. The first-order chi connectivity index (χ1) is 11.1. The van der Waals surface area contributed by atoms with Crippen molar-refractivity contribution >= 4 is 5.97 Å². The molecule has 0 aromatic carbocycles. The predicted octanol–water partition coefficient (Wildman–Crippen LogP) is 2.06. The van der Waals surface area contributed by atoms with Gasteiger partial charge in [-0.25, -0.2) is 0 Å². The van der Waals surface area contributed by atoms with Crippen molar-refractivity contribution in [3.05, 3.63) is 11.7 Å². The Morgan fingerprint density at radius 3 is 2.83 bits per heavy atom. The fourth-order valence-corrected chi connectivity index (χ4v) is 2.22. The number of unbranched alkanes of at least 4 members (excludes halogenated alkanes) is 1. The number of nitrogens with zero attached hydrogens (tertiary/aromatic N) is 3. The van der Waals surface area contributed by atoms with Crippen molar-refractivity contribution in [1.82, 2.24) is 15.0 Å². The molecule has 1 rings (SSSR count). The van der Waals surface area contributed by atoms with Crippen LogP contribution in [0.15, 0.2) is 4.52 Å². The fourth-order valence-electron chi connectivity index (χ4n) is 2.22. The molecule has 7 heteroatoms. The van der Waals surface area contributed by atoms with E-state index in [0.29, 0.717) is 38.7 Å². The van der Waals surface area contributed by atoms with Crippen LogP contribution in [0.2, 0.25) is 0 Å². The van der Waals surface area contributed by atoms with E-state index < -0.39 is 0 Å². The highest BCUT2D eigenvalue weighted by atomic mass is 16.5. The molecule has 0 radical (unpaired) electrons. The van der Waals surface area contributed by atoms with Crippen molar-refractivity contribution in [3.63, 3.8) is 0 Å². The maximum Gasteiger partial charge on any atom is 0.309 e. The van der Waals surface area contributed by atoms with E-state index in [4.69, 9.17) is 14.0 Å². The van der Waals surface area contributed by atoms with Gasteiger partial charge in [0.1, 0.15) is 0 Å². The standard InChI is InChI=1S/C16H29N3O4/c1-5-7-8-14-17-15(23-18-14)12-19(9-10-22-6-2)11-13(3)16(20)21-4/h13H,5-12H2,1-4H3. The van der Waals surface area contributed by atoms with Gasteiger partial charge in [-0.3, -0.25) is 9.69 Å². The van der Waals surface area contributed by atoms with Gasteiger partial charge in [0.25, 0.3) is 0 Å². The lowest BCUT2D eigenvalue weighted by Crippen LogP contribution is -2.34. The van der Waals surface area contributed by atoms with Crippen molar-refractivity contribution in [3.8, 4) is 0 Å². The van der Waals surface area contributed by atoms with Gasteiger partial charge in [-0.2, -0.15) is 4.98 Å². The Labute approximate surface area is 138 Å². The first-order valence-electron chi connectivity index (χ1n) is 8.30. The summed E-state index contributed by atoms with van der Waals surface area (Å²) in [4.78, 5) is 18.1. The Balaban J connectivity index is 2.59. The summed E-state index contributed by atoms with van der Waals surface area (Å²) in [6, 6.07) is 0. The summed E-state index contributed by atoms with van der Waals surface area (Å²) in [7, 11) is 1.40. The largest absolute Gasteiger partial charge is 0.469 e. The van der Waals surface area contributed by atoms with E-state index in [1.165, 1.54) is 7.11 Å². The van der Waals surface area contributed by atoms with Gasteiger partial charge in [-0.1, -0.05) is 25.4 Å². The highest BCUT2D eigenvalue weighted by molar-refractivity contribution is 5.72. The highest BCUT2D eigenvalue weighted by Crippen LogP contribution is 2.09. The SMILES string of the molecule is CCCCc1noc(CN(CCOCC)CC(C)C(=O)OC)n1. The Kier molecular flexibility index (Phi) is 9.47. The number of ether oxygens (including phenoxy) is 2. The molecule has 1 unspecified atom stereocenters. The van der Waals surface area contributed by atoms with E-state index >= 15 is 0 Å². The Morgan fingerprint density at radius 1 is 1.39 bits per heavy atom. The normalized spacial score (nSPS) is 12.6. The van der Waals surface area contributed by atoms with Crippen LogP contribution in [0.3, 0.4) is 0 Å². The summed E-state index contributed by atoms with van der Waals surface area (Å²) >= 11 is 0. The molecule has 1 heterocycles. The quantitative estimate of drug-likeness (QED) is 0.429. The first kappa shape index (κ1) is 19.6. The van der Waals surface area contributed by atoms with Crippen LogP contribution in [0.25, 0.3) is 0 Å². The predicted molar refractivity (Wildman–Crippen MR) is 85.9 cm³/mol.